The Morgan fingerprint density at radius 3 is 2.55 bits per heavy atom. The number of nitrogens with zero attached hydrogens (tertiary/aromatic N) is 3. The predicted octanol–water partition coefficient (Wildman–Crippen LogP) is 3.71. The maximum Gasteiger partial charge on any atom is 0.193 e. The quantitative estimate of drug-likeness (QED) is 0.316. The second kappa shape index (κ2) is 13.2. The highest BCUT2D eigenvalue weighted by molar-refractivity contribution is 14.0. The van der Waals surface area contributed by atoms with Crippen molar-refractivity contribution in [3.05, 3.63) is 53.3 Å². The Hall–Kier alpha value is -2.03. The number of ether oxygens (including phenoxy) is 2. The number of aromatic nitrogens is 1. The molecule has 160 valence electrons. The fourth-order valence-corrected chi connectivity index (χ4v) is 2.97. The molecular formula is C22H33IN4O2. The summed E-state index contributed by atoms with van der Waals surface area (Å²) >= 11 is 0. The van der Waals surface area contributed by atoms with E-state index in [0.29, 0.717) is 0 Å². The fourth-order valence-electron chi connectivity index (χ4n) is 2.97. The maximum atomic E-state index is 5.40. The van der Waals surface area contributed by atoms with E-state index in [9.17, 15) is 0 Å². The monoisotopic (exact) mass is 512 g/mol. The highest BCUT2D eigenvalue weighted by Gasteiger charge is 2.08. The van der Waals surface area contributed by atoms with Crippen LogP contribution in [0.15, 0.2) is 41.7 Å². The standard InChI is InChI=1S/C22H32N4O2.HI/c1-6-24-22(25-13-10-19-9-12-23-16-17(19)2)26(3)14-11-18-7-8-20(27-4)21(15-18)28-5;/h7-9,12,15-16H,6,10-11,13-14H2,1-5H3,(H,24,25);1H. The van der Waals surface area contributed by atoms with Crippen LogP contribution in [0.4, 0.5) is 0 Å². The van der Waals surface area contributed by atoms with Gasteiger partial charge in [-0.1, -0.05) is 6.07 Å². The number of pyridine rings is 1. The van der Waals surface area contributed by atoms with Gasteiger partial charge in [0.2, 0.25) is 0 Å². The zero-order valence-corrected chi connectivity index (χ0v) is 20.4. The van der Waals surface area contributed by atoms with Crippen molar-refractivity contribution >= 4 is 29.9 Å². The number of hydrogen-bond acceptors (Lipinski definition) is 4. The number of benzene rings is 1. The molecule has 1 aromatic heterocycles. The third-order valence-corrected chi connectivity index (χ3v) is 4.66. The number of aryl methyl sites for hydroxylation is 1. The van der Waals surface area contributed by atoms with Gasteiger partial charge in [-0.3, -0.25) is 9.98 Å². The number of rotatable bonds is 9. The van der Waals surface area contributed by atoms with E-state index in [0.717, 1.165) is 49.9 Å². The summed E-state index contributed by atoms with van der Waals surface area (Å²) < 4.78 is 10.7. The lowest BCUT2D eigenvalue weighted by Crippen LogP contribution is -2.40. The van der Waals surface area contributed by atoms with Crippen molar-refractivity contribution in [3.8, 4) is 11.5 Å². The molecule has 0 radical (unpaired) electrons. The Kier molecular flexibility index (Phi) is 11.4. The third-order valence-electron chi connectivity index (χ3n) is 4.66. The molecule has 2 rings (SSSR count). The van der Waals surface area contributed by atoms with E-state index in [1.54, 1.807) is 14.2 Å². The van der Waals surface area contributed by atoms with Gasteiger partial charge in [0.25, 0.3) is 0 Å². The van der Waals surface area contributed by atoms with E-state index >= 15 is 0 Å². The van der Waals surface area contributed by atoms with Crippen molar-refractivity contribution in [1.29, 1.82) is 0 Å². The molecule has 0 amide bonds. The van der Waals surface area contributed by atoms with Gasteiger partial charge >= 0.3 is 0 Å². The molecular weight excluding hydrogens is 479 g/mol. The van der Waals surface area contributed by atoms with E-state index < -0.39 is 0 Å². The minimum Gasteiger partial charge on any atom is -0.493 e. The molecule has 0 aliphatic heterocycles. The normalized spacial score (nSPS) is 10.9. The number of guanidine groups is 1. The zero-order valence-electron chi connectivity index (χ0n) is 18.1. The molecule has 29 heavy (non-hydrogen) atoms. The third kappa shape index (κ3) is 7.72. The molecule has 7 heteroatoms. The molecule has 0 bridgehead atoms. The predicted molar refractivity (Wildman–Crippen MR) is 130 cm³/mol. The van der Waals surface area contributed by atoms with Gasteiger partial charge in [-0.25, -0.2) is 0 Å². The molecule has 1 aromatic carbocycles. The van der Waals surface area contributed by atoms with E-state index in [1.807, 2.05) is 24.5 Å². The van der Waals surface area contributed by atoms with Crippen LogP contribution in [0.3, 0.4) is 0 Å². The summed E-state index contributed by atoms with van der Waals surface area (Å²) in [5.41, 5.74) is 3.71. The first-order valence-corrected chi connectivity index (χ1v) is 9.68. The second-order valence-electron chi connectivity index (χ2n) is 6.65. The molecule has 1 heterocycles. The SMILES string of the molecule is CCNC(=NCCc1ccncc1C)N(C)CCc1ccc(OC)c(OC)c1.I. The number of halogens is 1. The molecule has 0 aliphatic rings. The van der Waals surface area contributed by atoms with E-state index in [2.05, 4.69) is 48.2 Å². The second-order valence-corrected chi connectivity index (χ2v) is 6.65. The van der Waals surface area contributed by atoms with Gasteiger partial charge in [0.15, 0.2) is 17.5 Å². The Labute approximate surface area is 191 Å². The molecule has 0 fully saturated rings. The van der Waals surface area contributed by atoms with Crippen molar-refractivity contribution in [3.63, 3.8) is 0 Å². The van der Waals surface area contributed by atoms with Crippen molar-refractivity contribution in [2.45, 2.75) is 26.7 Å². The van der Waals surface area contributed by atoms with E-state index in [1.165, 1.54) is 16.7 Å². The molecule has 1 N–H and O–H groups in total. The van der Waals surface area contributed by atoms with Gasteiger partial charge in [0.1, 0.15) is 0 Å². The average molecular weight is 512 g/mol. The first kappa shape index (κ1) is 25.0. The van der Waals surface area contributed by atoms with Crippen LogP contribution in [-0.4, -0.2) is 56.7 Å². The van der Waals surface area contributed by atoms with Crippen LogP contribution in [0.1, 0.15) is 23.6 Å². The largest absolute Gasteiger partial charge is 0.493 e. The van der Waals surface area contributed by atoms with Gasteiger partial charge in [-0.2, -0.15) is 0 Å². The summed E-state index contributed by atoms with van der Waals surface area (Å²) in [6.07, 6.45) is 5.55. The number of hydrogen-bond donors (Lipinski definition) is 1. The zero-order chi connectivity index (χ0) is 20.4. The lowest BCUT2D eigenvalue weighted by Gasteiger charge is -2.22. The summed E-state index contributed by atoms with van der Waals surface area (Å²) in [6, 6.07) is 8.12. The van der Waals surface area contributed by atoms with Crippen LogP contribution in [0.25, 0.3) is 0 Å². The van der Waals surface area contributed by atoms with Crippen LogP contribution in [0, 0.1) is 6.92 Å². The Bertz CT molecular complexity index is 783. The summed E-state index contributed by atoms with van der Waals surface area (Å²) in [5, 5.41) is 3.38. The molecule has 0 saturated heterocycles. The average Bonchev–Trinajstić information content (AvgIpc) is 2.72. The van der Waals surface area contributed by atoms with Gasteiger partial charge in [0, 0.05) is 39.1 Å². The number of methoxy groups -OCH3 is 2. The molecule has 0 atom stereocenters. The lowest BCUT2D eigenvalue weighted by molar-refractivity contribution is 0.354. The minimum absolute atomic E-state index is 0. The molecule has 0 spiro atoms. The van der Waals surface area contributed by atoms with Crippen LogP contribution >= 0.6 is 24.0 Å². The van der Waals surface area contributed by atoms with Crippen molar-refractivity contribution in [2.24, 2.45) is 4.99 Å². The maximum absolute atomic E-state index is 5.40. The van der Waals surface area contributed by atoms with E-state index in [-0.39, 0.29) is 24.0 Å². The Morgan fingerprint density at radius 2 is 1.90 bits per heavy atom. The van der Waals surface area contributed by atoms with Gasteiger partial charge in [0.05, 0.1) is 14.2 Å². The summed E-state index contributed by atoms with van der Waals surface area (Å²) in [4.78, 5) is 11.1. The summed E-state index contributed by atoms with van der Waals surface area (Å²) in [7, 11) is 5.38. The lowest BCUT2D eigenvalue weighted by atomic mass is 10.1. The first-order chi connectivity index (χ1) is 13.6. The Balaban J connectivity index is 0.00000420. The highest BCUT2D eigenvalue weighted by Crippen LogP contribution is 2.27. The number of nitrogens with one attached hydrogen (secondary N) is 1. The van der Waals surface area contributed by atoms with Crippen LogP contribution < -0.4 is 14.8 Å². The summed E-state index contributed by atoms with van der Waals surface area (Å²) in [5.74, 6) is 2.44. The van der Waals surface area contributed by atoms with Crippen molar-refractivity contribution in [1.82, 2.24) is 15.2 Å². The number of likely N-dealkylation sites (N-methyl/N-ethyl adjacent to an activating group) is 1. The summed E-state index contributed by atoms with van der Waals surface area (Å²) in [6.45, 7) is 6.62. The van der Waals surface area contributed by atoms with Crippen molar-refractivity contribution < 1.29 is 9.47 Å². The smallest absolute Gasteiger partial charge is 0.193 e. The molecule has 6 nitrogen and oxygen atoms in total. The number of aliphatic imine (C=N–C) groups is 1. The minimum atomic E-state index is 0. The molecule has 0 aliphatic carbocycles. The van der Waals surface area contributed by atoms with Crippen molar-refractivity contribution in [2.75, 3.05) is 40.9 Å². The molecule has 0 saturated carbocycles. The highest BCUT2D eigenvalue weighted by atomic mass is 127. The van der Waals surface area contributed by atoms with Gasteiger partial charge in [-0.05, 0) is 61.6 Å². The first-order valence-electron chi connectivity index (χ1n) is 9.68. The van der Waals surface area contributed by atoms with Gasteiger partial charge in [-0.15, -0.1) is 24.0 Å². The van der Waals surface area contributed by atoms with Crippen LogP contribution in [-0.2, 0) is 12.8 Å². The topological polar surface area (TPSA) is 59.0 Å². The van der Waals surface area contributed by atoms with Crippen LogP contribution in [0.2, 0.25) is 0 Å². The fraction of sp³-hybridized carbons (Fsp3) is 0.455. The Morgan fingerprint density at radius 1 is 1.14 bits per heavy atom. The molecule has 2 aromatic rings. The molecule has 0 unspecified atom stereocenters. The van der Waals surface area contributed by atoms with Gasteiger partial charge < -0.3 is 19.7 Å². The van der Waals surface area contributed by atoms with E-state index in [4.69, 9.17) is 14.5 Å². The van der Waals surface area contributed by atoms with Crippen LogP contribution in [0.5, 0.6) is 11.5 Å².